The van der Waals surface area contributed by atoms with E-state index in [1.165, 1.54) is 16.6 Å². The molecule has 2 heterocycles. The van der Waals surface area contributed by atoms with E-state index in [1.54, 1.807) is 12.3 Å². The van der Waals surface area contributed by atoms with Gasteiger partial charge in [-0.15, -0.1) is 5.10 Å². The first-order chi connectivity index (χ1) is 14.2. The fourth-order valence-corrected chi connectivity index (χ4v) is 3.20. The standard InChI is InChI=1S/C22H24N6O/c1-26-13-15-27(16-14-26)20-10-7-18(8-11-20)24-22(29)12-9-19-17-23-28(25-19)21-5-3-2-4-6-21/h2-12,17H,13-16H2,1H3,(H,24,29). The maximum absolute atomic E-state index is 12.2. The number of hydrogen-bond acceptors (Lipinski definition) is 5. The number of anilines is 2. The number of rotatable bonds is 5. The summed E-state index contributed by atoms with van der Waals surface area (Å²) in [5.41, 5.74) is 3.45. The lowest BCUT2D eigenvalue weighted by Crippen LogP contribution is -2.44. The van der Waals surface area contributed by atoms with Crippen molar-refractivity contribution in [3.05, 3.63) is 72.6 Å². The third-order valence-corrected chi connectivity index (χ3v) is 4.91. The van der Waals surface area contributed by atoms with Crippen LogP contribution < -0.4 is 10.2 Å². The fraction of sp³-hybridized carbons (Fsp3) is 0.227. The van der Waals surface area contributed by atoms with Crippen LogP contribution in [0.5, 0.6) is 0 Å². The Bertz CT molecular complexity index is 972. The number of aromatic nitrogens is 3. The highest BCUT2D eigenvalue weighted by atomic mass is 16.1. The Balaban J connectivity index is 1.33. The SMILES string of the molecule is CN1CCN(c2ccc(NC(=O)C=Cc3cnn(-c4ccccc4)n3)cc2)CC1. The first-order valence-electron chi connectivity index (χ1n) is 9.68. The molecule has 1 aromatic heterocycles. The van der Waals surface area contributed by atoms with Crippen LogP contribution >= 0.6 is 0 Å². The number of nitrogens with zero attached hydrogens (tertiary/aromatic N) is 5. The van der Waals surface area contributed by atoms with E-state index >= 15 is 0 Å². The van der Waals surface area contributed by atoms with Crippen LogP contribution in [0.25, 0.3) is 11.8 Å². The average Bonchev–Trinajstić information content (AvgIpc) is 3.23. The van der Waals surface area contributed by atoms with Gasteiger partial charge in [-0.3, -0.25) is 4.79 Å². The third-order valence-electron chi connectivity index (χ3n) is 4.91. The molecule has 2 aromatic carbocycles. The first-order valence-corrected chi connectivity index (χ1v) is 9.68. The quantitative estimate of drug-likeness (QED) is 0.681. The van der Waals surface area contributed by atoms with Gasteiger partial charge in [-0.25, -0.2) is 0 Å². The van der Waals surface area contributed by atoms with Crippen LogP contribution in [0.4, 0.5) is 11.4 Å². The molecular formula is C22H24N6O. The Kier molecular flexibility index (Phi) is 5.67. The number of hydrogen-bond donors (Lipinski definition) is 1. The van der Waals surface area contributed by atoms with E-state index < -0.39 is 0 Å². The number of nitrogens with one attached hydrogen (secondary N) is 1. The first kappa shape index (κ1) is 18.9. The fourth-order valence-electron chi connectivity index (χ4n) is 3.20. The van der Waals surface area contributed by atoms with Gasteiger partial charge >= 0.3 is 0 Å². The predicted octanol–water partition coefficient (Wildman–Crippen LogP) is 2.67. The van der Waals surface area contributed by atoms with Crippen LogP contribution in [0.15, 0.2) is 66.9 Å². The Morgan fingerprint density at radius 2 is 1.69 bits per heavy atom. The molecule has 1 amide bonds. The highest BCUT2D eigenvalue weighted by molar-refractivity contribution is 6.01. The normalized spacial score (nSPS) is 15.0. The smallest absolute Gasteiger partial charge is 0.248 e. The molecule has 4 rings (SSSR count). The molecule has 3 aromatic rings. The molecule has 29 heavy (non-hydrogen) atoms. The molecule has 1 fully saturated rings. The molecule has 1 saturated heterocycles. The largest absolute Gasteiger partial charge is 0.369 e. The second-order valence-electron chi connectivity index (χ2n) is 7.05. The number of amides is 1. The molecule has 0 bridgehead atoms. The number of carbonyl (C=O) groups excluding carboxylic acids is 1. The molecule has 1 aliphatic heterocycles. The van der Waals surface area contributed by atoms with Crippen molar-refractivity contribution in [3.8, 4) is 5.69 Å². The van der Waals surface area contributed by atoms with Gasteiger partial charge in [-0.05, 0) is 49.5 Å². The molecule has 7 nitrogen and oxygen atoms in total. The van der Waals surface area contributed by atoms with Crippen LogP contribution in [0, 0.1) is 0 Å². The third kappa shape index (κ3) is 4.89. The molecule has 1 aliphatic rings. The lowest BCUT2D eigenvalue weighted by atomic mass is 10.2. The highest BCUT2D eigenvalue weighted by Crippen LogP contribution is 2.19. The highest BCUT2D eigenvalue weighted by Gasteiger charge is 2.14. The molecule has 0 saturated carbocycles. The summed E-state index contributed by atoms with van der Waals surface area (Å²) in [6.45, 7) is 4.18. The van der Waals surface area contributed by atoms with Crippen molar-refractivity contribution in [2.45, 2.75) is 0 Å². The number of para-hydroxylation sites is 1. The summed E-state index contributed by atoms with van der Waals surface area (Å²) in [6, 6.07) is 17.6. The minimum Gasteiger partial charge on any atom is -0.369 e. The minimum absolute atomic E-state index is 0.202. The van der Waals surface area contributed by atoms with Gasteiger partial charge in [0.25, 0.3) is 0 Å². The monoisotopic (exact) mass is 388 g/mol. The zero-order valence-corrected chi connectivity index (χ0v) is 16.4. The molecule has 0 aliphatic carbocycles. The van der Waals surface area contributed by atoms with Crippen LogP contribution in [-0.4, -0.2) is 59.0 Å². The summed E-state index contributed by atoms with van der Waals surface area (Å²) in [5, 5.41) is 11.5. The van der Waals surface area contributed by atoms with Crippen molar-refractivity contribution in [3.63, 3.8) is 0 Å². The zero-order valence-electron chi connectivity index (χ0n) is 16.4. The number of carbonyl (C=O) groups is 1. The van der Waals surface area contributed by atoms with Crippen LogP contribution in [0.2, 0.25) is 0 Å². The van der Waals surface area contributed by atoms with Gasteiger partial charge in [0.1, 0.15) is 5.69 Å². The van der Waals surface area contributed by atoms with Crippen molar-refractivity contribution >= 4 is 23.4 Å². The van der Waals surface area contributed by atoms with E-state index in [2.05, 4.69) is 44.5 Å². The summed E-state index contributed by atoms with van der Waals surface area (Å²) in [6.07, 6.45) is 4.75. The summed E-state index contributed by atoms with van der Waals surface area (Å²) in [5.74, 6) is -0.202. The summed E-state index contributed by atoms with van der Waals surface area (Å²) in [4.78, 5) is 18.4. The number of piperazine rings is 1. The van der Waals surface area contributed by atoms with E-state index in [9.17, 15) is 4.79 Å². The van der Waals surface area contributed by atoms with Gasteiger partial charge in [0.2, 0.25) is 5.91 Å². The maximum Gasteiger partial charge on any atom is 0.248 e. The molecule has 0 spiro atoms. The Morgan fingerprint density at radius 3 is 2.41 bits per heavy atom. The molecule has 148 valence electrons. The van der Waals surface area contributed by atoms with Crippen molar-refractivity contribution < 1.29 is 4.79 Å². The van der Waals surface area contributed by atoms with Crippen molar-refractivity contribution in [1.82, 2.24) is 19.9 Å². The van der Waals surface area contributed by atoms with Crippen LogP contribution in [0.3, 0.4) is 0 Å². The Hall–Kier alpha value is -3.45. The Labute approximate surface area is 170 Å². The summed E-state index contributed by atoms with van der Waals surface area (Å²) < 4.78 is 0. The number of benzene rings is 2. The van der Waals surface area contributed by atoms with Gasteiger partial charge in [-0.2, -0.15) is 9.90 Å². The molecule has 0 radical (unpaired) electrons. The Morgan fingerprint density at radius 1 is 0.966 bits per heavy atom. The van der Waals surface area contributed by atoms with Gasteiger partial charge in [0, 0.05) is 43.6 Å². The van der Waals surface area contributed by atoms with Gasteiger partial charge < -0.3 is 15.1 Å². The predicted molar refractivity (Wildman–Crippen MR) is 115 cm³/mol. The lowest BCUT2D eigenvalue weighted by molar-refractivity contribution is -0.111. The van der Waals surface area contributed by atoms with Gasteiger partial charge in [-0.1, -0.05) is 18.2 Å². The number of likely N-dealkylation sites (N-methyl/N-ethyl adjacent to an activating group) is 1. The van der Waals surface area contributed by atoms with Crippen molar-refractivity contribution in [2.75, 3.05) is 43.4 Å². The van der Waals surface area contributed by atoms with E-state index in [-0.39, 0.29) is 5.91 Å². The van der Waals surface area contributed by atoms with Gasteiger partial charge in [0.15, 0.2) is 0 Å². The molecular weight excluding hydrogens is 364 g/mol. The van der Waals surface area contributed by atoms with E-state index in [1.807, 2.05) is 42.5 Å². The zero-order chi connectivity index (χ0) is 20.1. The van der Waals surface area contributed by atoms with Crippen molar-refractivity contribution in [1.29, 1.82) is 0 Å². The van der Waals surface area contributed by atoms with Crippen LogP contribution in [0.1, 0.15) is 5.69 Å². The topological polar surface area (TPSA) is 66.3 Å². The second kappa shape index (κ2) is 8.70. The summed E-state index contributed by atoms with van der Waals surface area (Å²) in [7, 11) is 2.14. The van der Waals surface area contributed by atoms with E-state index in [0.717, 1.165) is 37.6 Å². The van der Waals surface area contributed by atoms with Crippen LogP contribution in [-0.2, 0) is 4.79 Å². The van der Waals surface area contributed by atoms with E-state index in [0.29, 0.717) is 5.69 Å². The van der Waals surface area contributed by atoms with Crippen molar-refractivity contribution in [2.24, 2.45) is 0 Å². The second-order valence-corrected chi connectivity index (χ2v) is 7.05. The lowest BCUT2D eigenvalue weighted by Gasteiger charge is -2.34. The molecule has 1 N–H and O–H groups in total. The minimum atomic E-state index is -0.202. The maximum atomic E-state index is 12.2. The molecule has 7 heteroatoms. The molecule has 0 atom stereocenters. The van der Waals surface area contributed by atoms with Gasteiger partial charge in [0.05, 0.1) is 11.9 Å². The van der Waals surface area contributed by atoms with E-state index in [4.69, 9.17) is 0 Å². The summed E-state index contributed by atoms with van der Waals surface area (Å²) >= 11 is 0. The molecule has 0 unspecified atom stereocenters. The average molecular weight is 388 g/mol.